The van der Waals surface area contributed by atoms with Crippen LogP contribution in [0.4, 0.5) is 4.39 Å². The van der Waals surface area contributed by atoms with E-state index >= 15 is 0 Å². The lowest BCUT2D eigenvalue weighted by atomic mass is 9.98. The molecule has 7 heteroatoms. The van der Waals surface area contributed by atoms with Gasteiger partial charge in [-0.1, -0.05) is 19.9 Å². The van der Waals surface area contributed by atoms with E-state index in [-0.39, 0.29) is 17.8 Å². The molecule has 1 aliphatic rings. The molecular weight excluding hydrogens is 411 g/mol. The van der Waals surface area contributed by atoms with Gasteiger partial charge in [0.2, 0.25) is 5.91 Å². The molecule has 1 fully saturated rings. The second-order valence-electron chi connectivity index (χ2n) is 6.93. The largest absolute Gasteiger partial charge is 0.354 e. The molecule has 0 saturated carbocycles. The van der Waals surface area contributed by atoms with Crippen molar-refractivity contribution in [3.8, 4) is 0 Å². The van der Waals surface area contributed by atoms with Crippen molar-refractivity contribution in [3.63, 3.8) is 0 Å². The summed E-state index contributed by atoms with van der Waals surface area (Å²) in [5, 5.41) is 6.64. The van der Waals surface area contributed by atoms with Crippen LogP contribution in [0, 0.1) is 11.7 Å². The number of nitrogens with zero attached hydrogens (tertiary/aromatic N) is 2. The van der Waals surface area contributed by atoms with Crippen LogP contribution in [0.5, 0.6) is 0 Å². The van der Waals surface area contributed by atoms with Crippen LogP contribution in [0.1, 0.15) is 45.1 Å². The average molecular weight is 441 g/mol. The van der Waals surface area contributed by atoms with Crippen LogP contribution in [0.3, 0.4) is 0 Å². The molecule has 1 amide bonds. The van der Waals surface area contributed by atoms with Gasteiger partial charge in [-0.2, -0.15) is 0 Å². The fourth-order valence-electron chi connectivity index (χ4n) is 3.36. The summed E-state index contributed by atoms with van der Waals surface area (Å²) >= 11 is 3.16. The lowest BCUT2D eigenvalue weighted by molar-refractivity contribution is -0.136. The van der Waals surface area contributed by atoms with E-state index < -0.39 is 0 Å². The summed E-state index contributed by atoms with van der Waals surface area (Å²) in [4.78, 5) is 18.7. The molecule has 1 aromatic carbocycles. The molecule has 2 N–H and O–H groups in total. The number of nitrogens with one attached hydrogen (secondary N) is 2. The van der Waals surface area contributed by atoms with E-state index in [0.717, 1.165) is 44.3 Å². The van der Waals surface area contributed by atoms with Crippen molar-refractivity contribution in [2.45, 2.75) is 52.1 Å². The van der Waals surface area contributed by atoms with Gasteiger partial charge in [-0.3, -0.25) is 9.79 Å². The monoisotopic (exact) mass is 440 g/mol. The van der Waals surface area contributed by atoms with Crippen LogP contribution in [0.2, 0.25) is 0 Å². The normalized spacial score (nSPS) is 15.9. The summed E-state index contributed by atoms with van der Waals surface area (Å²) in [5.41, 5.74) is 0.851. The molecule has 0 atom stereocenters. The van der Waals surface area contributed by atoms with E-state index in [1.807, 2.05) is 11.0 Å². The maximum absolute atomic E-state index is 13.6. The van der Waals surface area contributed by atoms with E-state index in [2.05, 4.69) is 45.4 Å². The zero-order chi connectivity index (χ0) is 19.8. The first kappa shape index (κ1) is 21.7. The minimum Gasteiger partial charge on any atom is -0.354 e. The summed E-state index contributed by atoms with van der Waals surface area (Å²) in [5.74, 6) is 0.864. The van der Waals surface area contributed by atoms with Crippen LogP contribution >= 0.6 is 15.9 Å². The molecule has 1 heterocycles. The van der Waals surface area contributed by atoms with Crippen LogP contribution in [0.25, 0.3) is 0 Å². The highest BCUT2D eigenvalue weighted by atomic mass is 79.9. The third-order valence-electron chi connectivity index (χ3n) is 5.15. The number of halogens is 2. The molecule has 2 rings (SSSR count). The second-order valence-corrected chi connectivity index (χ2v) is 7.79. The van der Waals surface area contributed by atoms with E-state index in [0.29, 0.717) is 22.9 Å². The van der Waals surface area contributed by atoms with Crippen LogP contribution in [-0.4, -0.2) is 42.9 Å². The molecule has 0 aromatic heterocycles. The number of likely N-dealkylation sites (tertiary alicyclic amines) is 1. The van der Waals surface area contributed by atoms with Crippen molar-refractivity contribution in [2.75, 3.05) is 20.1 Å². The van der Waals surface area contributed by atoms with E-state index in [4.69, 9.17) is 0 Å². The molecule has 1 saturated heterocycles. The molecule has 0 aliphatic carbocycles. The highest BCUT2D eigenvalue weighted by Crippen LogP contribution is 2.18. The number of carbonyl (C=O) groups is 1. The van der Waals surface area contributed by atoms with Crippen molar-refractivity contribution in [1.29, 1.82) is 0 Å². The Morgan fingerprint density at radius 2 is 2.00 bits per heavy atom. The first-order chi connectivity index (χ1) is 13.0. The standard InChI is InChI=1S/C20H30BrFN4O/c1-4-15(5-2)19(27)26-10-8-16(9-11-26)25-20(23-3)24-13-14-6-7-17(21)18(22)12-14/h6-7,12,15-16H,4-5,8-11,13H2,1-3H3,(H2,23,24,25). The zero-order valence-corrected chi connectivity index (χ0v) is 18.0. The van der Waals surface area contributed by atoms with Crippen molar-refractivity contribution in [2.24, 2.45) is 10.9 Å². The van der Waals surface area contributed by atoms with Gasteiger partial charge in [-0.05, 0) is 59.3 Å². The van der Waals surface area contributed by atoms with Gasteiger partial charge in [0.15, 0.2) is 5.96 Å². The molecule has 27 heavy (non-hydrogen) atoms. The number of hydrogen-bond acceptors (Lipinski definition) is 2. The van der Waals surface area contributed by atoms with Gasteiger partial charge in [0.1, 0.15) is 5.82 Å². The number of piperidine rings is 1. The summed E-state index contributed by atoms with van der Waals surface area (Å²) in [6, 6.07) is 5.36. The molecule has 1 aliphatic heterocycles. The lowest BCUT2D eigenvalue weighted by Crippen LogP contribution is -2.50. The molecule has 1 aromatic rings. The minimum atomic E-state index is -0.272. The van der Waals surface area contributed by atoms with Crippen molar-refractivity contribution >= 4 is 27.8 Å². The van der Waals surface area contributed by atoms with E-state index in [1.165, 1.54) is 6.07 Å². The van der Waals surface area contributed by atoms with Crippen molar-refractivity contribution in [3.05, 3.63) is 34.1 Å². The van der Waals surface area contributed by atoms with Gasteiger partial charge in [0.25, 0.3) is 0 Å². The first-order valence-electron chi connectivity index (χ1n) is 9.68. The average Bonchev–Trinajstić information content (AvgIpc) is 2.69. The first-order valence-corrected chi connectivity index (χ1v) is 10.5. The Kier molecular flexibility index (Phi) is 8.54. The number of amides is 1. The number of aliphatic imine (C=N–C) groups is 1. The smallest absolute Gasteiger partial charge is 0.225 e. The Bertz CT molecular complexity index is 655. The van der Waals surface area contributed by atoms with Crippen molar-refractivity contribution in [1.82, 2.24) is 15.5 Å². The number of benzene rings is 1. The maximum Gasteiger partial charge on any atom is 0.225 e. The van der Waals surface area contributed by atoms with Gasteiger partial charge in [-0.25, -0.2) is 4.39 Å². The number of hydrogen-bond donors (Lipinski definition) is 2. The quantitative estimate of drug-likeness (QED) is 0.523. The summed E-state index contributed by atoms with van der Waals surface area (Å²) in [7, 11) is 1.73. The topological polar surface area (TPSA) is 56.7 Å². The Hall–Kier alpha value is -1.63. The summed E-state index contributed by atoms with van der Waals surface area (Å²) < 4.78 is 14.1. The van der Waals surface area contributed by atoms with Gasteiger partial charge in [-0.15, -0.1) is 0 Å². The van der Waals surface area contributed by atoms with Crippen molar-refractivity contribution < 1.29 is 9.18 Å². The predicted molar refractivity (Wildman–Crippen MR) is 111 cm³/mol. The highest BCUT2D eigenvalue weighted by molar-refractivity contribution is 9.10. The summed E-state index contributed by atoms with van der Waals surface area (Å²) in [6.45, 7) is 6.21. The Morgan fingerprint density at radius 3 is 2.56 bits per heavy atom. The second kappa shape index (κ2) is 10.6. The highest BCUT2D eigenvalue weighted by Gasteiger charge is 2.26. The molecule has 0 radical (unpaired) electrons. The van der Waals surface area contributed by atoms with E-state index in [9.17, 15) is 9.18 Å². The fourth-order valence-corrected chi connectivity index (χ4v) is 3.61. The molecular formula is C20H30BrFN4O. The Morgan fingerprint density at radius 1 is 1.33 bits per heavy atom. The molecule has 5 nitrogen and oxygen atoms in total. The Balaban J connectivity index is 1.80. The van der Waals surface area contributed by atoms with Crippen LogP contribution < -0.4 is 10.6 Å². The van der Waals surface area contributed by atoms with Gasteiger partial charge < -0.3 is 15.5 Å². The lowest BCUT2D eigenvalue weighted by Gasteiger charge is -2.34. The van der Waals surface area contributed by atoms with Gasteiger partial charge in [0, 0.05) is 38.6 Å². The molecule has 0 spiro atoms. The SMILES string of the molecule is CCC(CC)C(=O)N1CCC(NC(=NC)NCc2ccc(Br)c(F)c2)CC1. The third kappa shape index (κ3) is 6.19. The van der Waals surface area contributed by atoms with Crippen LogP contribution in [-0.2, 0) is 11.3 Å². The van der Waals surface area contributed by atoms with E-state index in [1.54, 1.807) is 13.1 Å². The fraction of sp³-hybridized carbons (Fsp3) is 0.600. The minimum absolute atomic E-state index is 0.148. The third-order valence-corrected chi connectivity index (χ3v) is 5.79. The molecule has 0 bridgehead atoms. The van der Waals surface area contributed by atoms with Crippen LogP contribution in [0.15, 0.2) is 27.7 Å². The zero-order valence-electron chi connectivity index (χ0n) is 16.4. The number of guanidine groups is 1. The van der Waals surface area contributed by atoms with Gasteiger partial charge >= 0.3 is 0 Å². The molecule has 0 unspecified atom stereocenters. The Labute approximate surface area is 169 Å². The predicted octanol–water partition coefficient (Wildman–Crippen LogP) is 3.68. The molecule has 150 valence electrons. The van der Waals surface area contributed by atoms with Gasteiger partial charge in [0.05, 0.1) is 4.47 Å². The maximum atomic E-state index is 13.6. The number of carbonyl (C=O) groups excluding carboxylic acids is 1. The summed E-state index contributed by atoms with van der Waals surface area (Å²) in [6.07, 6.45) is 3.61. The number of rotatable bonds is 6.